The lowest BCUT2D eigenvalue weighted by Gasteiger charge is -2.19. The number of hydrogen-bond acceptors (Lipinski definition) is 4. The molecule has 3 rings (SSSR count). The van der Waals surface area contributed by atoms with Crippen LogP contribution in [0.2, 0.25) is 0 Å². The highest BCUT2D eigenvalue weighted by Gasteiger charge is 2.26. The maximum absolute atomic E-state index is 13.3. The Morgan fingerprint density at radius 2 is 2.11 bits per heavy atom. The minimum atomic E-state index is -1.15. The van der Waals surface area contributed by atoms with Crippen LogP contribution in [0.3, 0.4) is 0 Å². The Balaban J connectivity index is 2.11. The predicted octanol–water partition coefficient (Wildman–Crippen LogP) is 2.01. The maximum Gasteiger partial charge on any atom is 0.358 e. The first-order valence-corrected chi connectivity index (χ1v) is 5.77. The van der Waals surface area contributed by atoms with Gasteiger partial charge in [-0.25, -0.2) is 19.2 Å². The summed E-state index contributed by atoms with van der Waals surface area (Å²) in [7, 11) is 0. The average Bonchev–Trinajstić information content (AvgIpc) is 2.81. The van der Waals surface area contributed by atoms with E-state index in [0.717, 1.165) is 12.0 Å². The minimum absolute atomic E-state index is 0.125. The summed E-state index contributed by atoms with van der Waals surface area (Å²) in [5.41, 5.74) is 1.51. The van der Waals surface area contributed by atoms with Crippen LogP contribution < -0.4 is 4.90 Å². The number of aromatic nitrogens is 2. The summed E-state index contributed by atoms with van der Waals surface area (Å²) in [6.07, 6.45) is 3.49. The van der Waals surface area contributed by atoms with E-state index in [0.29, 0.717) is 12.2 Å². The van der Waals surface area contributed by atoms with Crippen LogP contribution in [0.1, 0.15) is 16.1 Å². The Kier molecular flexibility index (Phi) is 2.63. The molecule has 0 fully saturated rings. The first-order valence-electron chi connectivity index (χ1n) is 5.77. The number of carboxylic acid groups (broad SMARTS) is 1. The molecule has 19 heavy (non-hydrogen) atoms. The van der Waals surface area contributed by atoms with Crippen molar-refractivity contribution in [2.24, 2.45) is 0 Å². The average molecular weight is 259 g/mol. The molecule has 0 atom stereocenters. The molecular weight excluding hydrogens is 249 g/mol. The Labute approximate surface area is 108 Å². The van der Waals surface area contributed by atoms with Gasteiger partial charge >= 0.3 is 5.97 Å². The van der Waals surface area contributed by atoms with Crippen LogP contribution >= 0.6 is 0 Å². The Morgan fingerprint density at radius 3 is 2.89 bits per heavy atom. The number of rotatable bonds is 2. The van der Waals surface area contributed by atoms with Crippen molar-refractivity contribution in [2.45, 2.75) is 6.42 Å². The van der Waals surface area contributed by atoms with Crippen LogP contribution in [0.15, 0.2) is 30.6 Å². The molecule has 0 aliphatic carbocycles. The summed E-state index contributed by atoms with van der Waals surface area (Å²) >= 11 is 0. The van der Waals surface area contributed by atoms with Crippen molar-refractivity contribution in [3.05, 3.63) is 47.7 Å². The van der Waals surface area contributed by atoms with Crippen LogP contribution in [0.5, 0.6) is 0 Å². The van der Waals surface area contributed by atoms with Crippen molar-refractivity contribution in [1.82, 2.24) is 9.97 Å². The largest absolute Gasteiger partial charge is 0.476 e. The van der Waals surface area contributed by atoms with Gasteiger partial charge in [-0.1, -0.05) is 6.07 Å². The standard InChI is InChI=1S/C13H10FN3O2/c14-9-2-1-8-3-6-17(10(8)7-9)12-11(13(18)19)15-4-5-16-12/h1-2,4-5,7H,3,6H2,(H,18,19). The van der Waals surface area contributed by atoms with Crippen LogP contribution in [-0.4, -0.2) is 27.6 Å². The quantitative estimate of drug-likeness (QED) is 0.893. The van der Waals surface area contributed by atoms with Gasteiger partial charge in [-0.2, -0.15) is 0 Å². The van der Waals surface area contributed by atoms with Gasteiger partial charge in [0.25, 0.3) is 0 Å². The van der Waals surface area contributed by atoms with Gasteiger partial charge in [0.1, 0.15) is 5.82 Å². The zero-order valence-electron chi connectivity index (χ0n) is 9.88. The number of halogens is 1. The number of benzene rings is 1. The first kappa shape index (κ1) is 11.6. The van der Waals surface area contributed by atoms with Gasteiger partial charge in [-0.3, -0.25) is 0 Å². The fraction of sp³-hybridized carbons (Fsp3) is 0.154. The van der Waals surface area contributed by atoms with E-state index in [-0.39, 0.29) is 17.3 Å². The third-order valence-electron chi connectivity index (χ3n) is 3.08. The number of anilines is 2. The van der Waals surface area contributed by atoms with Gasteiger partial charge in [-0.05, 0) is 24.1 Å². The topological polar surface area (TPSA) is 66.3 Å². The van der Waals surface area contributed by atoms with Crippen molar-refractivity contribution in [2.75, 3.05) is 11.4 Å². The molecular formula is C13H10FN3O2. The molecule has 1 aromatic carbocycles. The van der Waals surface area contributed by atoms with Gasteiger partial charge in [0.2, 0.25) is 0 Å². The van der Waals surface area contributed by atoms with E-state index >= 15 is 0 Å². The van der Waals surface area contributed by atoms with Crippen molar-refractivity contribution in [3.8, 4) is 0 Å². The molecule has 0 spiro atoms. The van der Waals surface area contributed by atoms with Crippen molar-refractivity contribution in [3.63, 3.8) is 0 Å². The van der Waals surface area contributed by atoms with Crippen LogP contribution in [0.4, 0.5) is 15.9 Å². The summed E-state index contributed by atoms with van der Waals surface area (Å²) < 4.78 is 13.3. The Bertz CT molecular complexity index is 660. The highest BCUT2D eigenvalue weighted by molar-refractivity contribution is 5.92. The molecule has 5 nitrogen and oxygen atoms in total. The Morgan fingerprint density at radius 1 is 1.32 bits per heavy atom. The van der Waals surface area contributed by atoms with E-state index in [9.17, 15) is 9.18 Å². The lowest BCUT2D eigenvalue weighted by Crippen LogP contribution is -2.19. The van der Waals surface area contributed by atoms with Gasteiger partial charge in [0.15, 0.2) is 11.5 Å². The molecule has 0 amide bonds. The molecule has 2 heterocycles. The van der Waals surface area contributed by atoms with Crippen LogP contribution in [-0.2, 0) is 6.42 Å². The summed E-state index contributed by atoms with van der Waals surface area (Å²) in [5.74, 6) is -1.25. The fourth-order valence-corrected chi connectivity index (χ4v) is 2.25. The lowest BCUT2D eigenvalue weighted by atomic mass is 10.2. The molecule has 0 bridgehead atoms. The number of nitrogens with zero attached hydrogens (tertiary/aromatic N) is 3. The van der Waals surface area contributed by atoms with Crippen LogP contribution in [0, 0.1) is 5.82 Å². The second kappa shape index (κ2) is 4.31. The molecule has 1 aromatic heterocycles. The van der Waals surface area contributed by atoms with E-state index in [1.165, 1.54) is 24.5 Å². The van der Waals surface area contributed by atoms with Crippen molar-refractivity contribution >= 4 is 17.5 Å². The molecule has 0 radical (unpaired) electrons. The van der Waals surface area contributed by atoms with Gasteiger partial charge in [0.05, 0.1) is 0 Å². The Hall–Kier alpha value is -2.50. The maximum atomic E-state index is 13.3. The normalized spacial score (nSPS) is 13.4. The summed E-state index contributed by atoms with van der Waals surface area (Å²) in [6, 6.07) is 4.50. The second-order valence-electron chi connectivity index (χ2n) is 4.21. The van der Waals surface area contributed by atoms with E-state index < -0.39 is 5.97 Å². The predicted molar refractivity (Wildman–Crippen MR) is 66.1 cm³/mol. The van der Waals surface area contributed by atoms with Gasteiger partial charge in [-0.15, -0.1) is 0 Å². The summed E-state index contributed by atoms with van der Waals surface area (Å²) in [5, 5.41) is 9.13. The van der Waals surface area contributed by atoms with Crippen molar-refractivity contribution < 1.29 is 14.3 Å². The van der Waals surface area contributed by atoms with Gasteiger partial charge < -0.3 is 10.0 Å². The monoisotopic (exact) mass is 259 g/mol. The molecule has 2 aromatic rings. The highest BCUT2D eigenvalue weighted by atomic mass is 19.1. The molecule has 0 unspecified atom stereocenters. The molecule has 1 N–H and O–H groups in total. The van der Waals surface area contributed by atoms with E-state index in [1.807, 2.05) is 0 Å². The van der Waals surface area contributed by atoms with E-state index in [4.69, 9.17) is 5.11 Å². The van der Waals surface area contributed by atoms with E-state index in [2.05, 4.69) is 9.97 Å². The molecule has 0 saturated carbocycles. The zero-order valence-corrected chi connectivity index (χ0v) is 9.88. The smallest absolute Gasteiger partial charge is 0.358 e. The SMILES string of the molecule is O=C(O)c1nccnc1N1CCc2ccc(F)cc21. The number of fused-ring (bicyclic) bond motifs is 1. The van der Waals surface area contributed by atoms with Gasteiger partial charge in [0, 0.05) is 24.6 Å². The third-order valence-corrected chi connectivity index (χ3v) is 3.08. The number of carboxylic acids is 1. The number of carbonyl (C=O) groups is 1. The molecule has 1 aliphatic heterocycles. The fourth-order valence-electron chi connectivity index (χ4n) is 2.25. The van der Waals surface area contributed by atoms with Crippen molar-refractivity contribution in [1.29, 1.82) is 0 Å². The van der Waals surface area contributed by atoms with E-state index in [1.54, 1.807) is 11.0 Å². The minimum Gasteiger partial charge on any atom is -0.476 e. The van der Waals surface area contributed by atoms with Crippen LogP contribution in [0.25, 0.3) is 0 Å². The number of hydrogen-bond donors (Lipinski definition) is 1. The second-order valence-corrected chi connectivity index (χ2v) is 4.21. The first-order chi connectivity index (χ1) is 9.16. The molecule has 96 valence electrons. The lowest BCUT2D eigenvalue weighted by molar-refractivity contribution is 0.0691. The molecule has 6 heteroatoms. The summed E-state index contributed by atoms with van der Waals surface area (Å²) in [6.45, 7) is 0.567. The molecule has 1 aliphatic rings. The zero-order chi connectivity index (χ0) is 13.4. The summed E-state index contributed by atoms with van der Waals surface area (Å²) in [4.78, 5) is 20.7. The third kappa shape index (κ3) is 1.91. The molecule has 0 saturated heterocycles. The highest BCUT2D eigenvalue weighted by Crippen LogP contribution is 2.34. The number of aromatic carboxylic acids is 1.